The molecule has 270 valence electrons. The Morgan fingerprint density at radius 2 is 0.922 bits per heavy atom. The summed E-state index contributed by atoms with van der Waals surface area (Å²) < 4.78 is 0. The molecule has 0 atom stereocenters. The molecule has 0 saturated heterocycles. The summed E-state index contributed by atoms with van der Waals surface area (Å²) >= 11 is 1.36. The number of halogens is 2. The van der Waals surface area contributed by atoms with Crippen LogP contribution in [-0.4, -0.2) is 6.88 Å². The van der Waals surface area contributed by atoms with Crippen LogP contribution in [0.15, 0.2) is 109 Å². The van der Waals surface area contributed by atoms with Crippen LogP contribution in [0.1, 0.15) is 95.9 Å². The van der Waals surface area contributed by atoms with E-state index in [1.54, 1.807) is 0 Å². The molecular weight excluding hydrogens is 755 g/mol. The maximum atomic E-state index is 4.00. The van der Waals surface area contributed by atoms with Crippen molar-refractivity contribution in [3.05, 3.63) is 138 Å². The first-order valence-electron chi connectivity index (χ1n) is 17.9. The summed E-state index contributed by atoms with van der Waals surface area (Å²) in [6.07, 6.45) is 7.05. The Kier molecular flexibility index (Phi) is 17.9. The van der Waals surface area contributed by atoms with Gasteiger partial charge in [0.25, 0.3) is 0 Å². The predicted molar refractivity (Wildman–Crippen MR) is 229 cm³/mol. The molecule has 6 aromatic rings. The van der Waals surface area contributed by atoms with Gasteiger partial charge >= 0.3 is 30.2 Å². The maximum absolute atomic E-state index is 4.00. The third kappa shape index (κ3) is 12.4. The van der Waals surface area contributed by atoms with Gasteiger partial charge in [-0.3, -0.25) is 0 Å². The Morgan fingerprint density at radius 1 is 0.569 bits per heavy atom. The van der Waals surface area contributed by atoms with Crippen molar-refractivity contribution in [3.8, 4) is 22.3 Å². The molecule has 2 radical (unpaired) electrons. The molecule has 0 aromatic heterocycles. The summed E-state index contributed by atoms with van der Waals surface area (Å²) in [4.78, 5) is 0. The van der Waals surface area contributed by atoms with Gasteiger partial charge in [-0.15, -0.1) is 93.9 Å². The van der Waals surface area contributed by atoms with Crippen molar-refractivity contribution in [1.29, 1.82) is 0 Å². The van der Waals surface area contributed by atoms with E-state index < -0.39 is 0 Å². The first kappa shape index (κ1) is 44.9. The van der Waals surface area contributed by atoms with Gasteiger partial charge in [-0.05, 0) is 33.1 Å². The normalized spacial score (nSPS) is 12.9. The molecule has 1 saturated carbocycles. The molecule has 0 nitrogen and oxygen atoms in total. The van der Waals surface area contributed by atoms with E-state index in [-0.39, 0.29) is 35.6 Å². The van der Waals surface area contributed by atoms with E-state index in [2.05, 4.69) is 178 Å². The van der Waals surface area contributed by atoms with Gasteiger partial charge in [0.2, 0.25) is 0 Å². The van der Waals surface area contributed by atoms with Gasteiger partial charge < -0.3 is 6.92 Å². The molecule has 0 bridgehead atoms. The molecule has 0 heterocycles. The van der Waals surface area contributed by atoms with Crippen LogP contribution in [0, 0.1) is 26.7 Å². The fourth-order valence-corrected chi connectivity index (χ4v) is 6.76. The number of aryl methyl sites for hydroxylation is 2. The molecule has 0 N–H and O–H groups in total. The van der Waals surface area contributed by atoms with Gasteiger partial charge in [-0.25, -0.2) is 0 Å². The second-order valence-electron chi connectivity index (χ2n) is 15.8. The molecule has 1 fully saturated rings. The summed E-state index contributed by atoms with van der Waals surface area (Å²) in [6, 6.07) is 40.2. The van der Waals surface area contributed by atoms with E-state index >= 15 is 0 Å². The third-order valence-electron chi connectivity index (χ3n) is 9.64. The zero-order valence-electron chi connectivity index (χ0n) is 32.0. The van der Waals surface area contributed by atoms with E-state index in [9.17, 15) is 0 Å². The zero-order valence-corrected chi connectivity index (χ0v) is 37.1. The van der Waals surface area contributed by atoms with Crippen LogP contribution in [0.2, 0.25) is 0 Å². The van der Waals surface area contributed by atoms with Gasteiger partial charge in [0, 0.05) is 0 Å². The van der Waals surface area contributed by atoms with Crippen molar-refractivity contribution in [1.82, 2.24) is 0 Å². The van der Waals surface area contributed by atoms with Crippen LogP contribution >= 0.6 is 24.8 Å². The second-order valence-corrected chi connectivity index (χ2v) is 15.8. The molecule has 7 rings (SSSR count). The first-order valence-corrected chi connectivity index (χ1v) is 22.1. The molecule has 4 heteroatoms. The zero-order chi connectivity index (χ0) is 35.8. The molecule has 0 aliphatic heterocycles. The van der Waals surface area contributed by atoms with Crippen molar-refractivity contribution >= 4 is 53.2 Å². The van der Waals surface area contributed by atoms with E-state index in [1.807, 2.05) is 0 Å². The Hall–Kier alpha value is -2.22. The Bertz CT molecular complexity index is 1780. The fraction of sp³-hybridized carbons (Fsp3) is 0.340. The third-order valence-corrected chi connectivity index (χ3v) is 9.64. The molecular formula is C47H57Cl2SiZr-3. The Balaban J connectivity index is 0.000000277. The minimum atomic E-state index is 0. The summed E-state index contributed by atoms with van der Waals surface area (Å²) in [5.74, 6) is 0.786. The molecule has 51 heavy (non-hydrogen) atoms. The summed E-state index contributed by atoms with van der Waals surface area (Å²) in [5, 5.41) is 5.38. The molecule has 1 aliphatic carbocycles. The average Bonchev–Trinajstić information content (AvgIpc) is 3.66. The van der Waals surface area contributed by atoms with Gasteiger partial charge in [0.15, 0.2) is 0 Å². The van der Waals surface area contributed by atoms with Gasteiger partial charge in [-0.2, -0.15) is 18.1 Å². The SMILES string of the molecule is Cc1cc2c(-c3ccc(C(C)(C)C)cc3)cccc2[cH-]1.Cc1cc2c(-c3ccc(C(C)(C)C)cc3)cccc2[cH-]1.Cl.Cl.[CH2-]C1CCCCC1.[Si]=[Zr]. The van der Waals surface area contributed by atoms with Crippen LogP contribution in [0.4, 0.5) is 0 Å². The van der Waals surface area contributed by atoms with E-state index in [0.717, 1.165) is 5.92 Å². The quantitative estimate of drug-likeness (QED) is 0.121. The topological polar surface area (TPSA) is 0 Å². The minimum absolute atomic E-state index is 0. The van der Waals surface area contributed by atoms with Crippen LogP contribution in [0.5, 0.6) is 0 Å². The number of fused-ring (bicyclic) bond motifs is 2. The Morgan fingerprint density at radius 3 is 1.22 bits per heavy atom. The van der Waals surface area contributed by atoms with Crippen LogP contribution in [0.3, 0.4) is 0 Å². The number of rotatable bonds is 2. The van der Waals surface area contributed by atoms with Gasteiger partial charge in [0.1, 0.15) is 0 Å². The van der Waals surface area contributed by atoms with Gasteiger partial charge in [-0.1, -0.05) is 159 Å². The Labute approximate surface area is 339 Å². The second kappa shape index (κ2) is 20.3. The number of hydrogen-bond acceptors (Lipinski definition) is 0. The van der Waals surface area contributed by atoms with Crippen LogP contribution in [-0.2, 0) is 34.2 Å². The molecule has 0 amide bonds. The van der Waals surface area contributed by atoms with Crippen molar-refractivity contribution in [2.75, 3.05) is 0 Å². The molecule has 6 aromatic carbocycles. The average molecular weight is 812 g/mol. The molecule has 1 aliphatic rings. The summed E-state index contributed by atoms with van der Waals surface area (Å²) in [7, 11) is 0. The number of benzene rings is 4. The van der Waals surface area contributed by atoms with Crippen molar-refractivity contribution in [3.63, 3.8) is 0 Å². The summed E-state index contributed by atoms with van der Waals surface area (Å²) in [6.45, 7) is 24.9. The fourth-order valence-electron chi connectivity index (χ4n) is 6.76. The van der Waals surface area contributed by atoms with E-state index in [4.69, 9.17) is 0 Å². The summed E-state index contributed by atoms with van der Waals surface area (Å²) in [5.41, 5.74) is 11.1. The van der Waals surface area contributed by atoms with Crippen molar-refractivity contribution < 1.29 is 23.3 Å². The van der Waals surface area contributed by atoms with Gasteiger partial charge in [0.05, 0.1) is 0 Å². The van der Waals surface area contributed by atoms with E-state index in [0.29, 0.717) is 0 Å². The predicted octanol–water partition coefficient (Wildman–Crippen LogP) is 14.5. The van der Waals surface area contributed by atoms with E-state index in [1.165, 1.54) is 121 Å². The van der Waals surface area contributed by atoms with Crippen molar-refractivity contribution in [2.24, 2.45) is 5.92 Å². The molecule has 0 spiro atoms. The molecule has 0 unspecified atom stereocenters. The first-order chi connectivity index (χ1) is 23.3. The monoisotopic (exact) mass is 809 g/mol. The van der Waals surface area contributed by atoms with Crippen LogP contribution < -0.4 is 0 Å². The van der Waals surface area contributed by atoms with Crippen molar-refractivity contribution in [2.45, 2.75) is 98.3 Å². The van der Waals surface area contributed by atoms with Crippen LogP contribution in [0.25, 0.3) is 43.8 Å². The number of hydrogen-bond donors (Lipinski definition) is 0. The standard InChI is InChI=1S/2C20H21.C7H13.2ClH.Si.Zr/c2*1-14-12-16-6-5-7-18(19(16)13-14)15-8-10-17(11-9-15)20(2,3)4;1-7-5-3-2-4-6-7;;;;/h2*5-13H,1-4H3;7H,1-6H2;2*1H;;/q3*-1;;;;.